The Balaban J connectivity index is 2.16. The molecule has 0 atom stereocenters. The smallest absolute Gasteiger partial charge is 0.253 e. The minimum absolute atomic E-state index is 0.0608. The summed E-state index contributed by atoms with van der Waals surface area (Å²) in [6.45, 7) is 6.13. The first-order valence-corrected chi connectivity index (χ1v) is 7.94. The van der Waals surface area contributed by atoms with Crippen molar-refractivity contribution in [2.75, 3.05) is 23.4 Å². The zero-order valence-electron chi connectivity index (χ0n) is 14.2. The Hall–Kier alpha value is -2.86. The molecule has 5 nitrogen and oxygen atoms in total. The number of nitrogens with one attached hydrogen (secondary N) is 1. The lowest BCUT2D eigenvalue weighted by molar-refractivity contribution is 0.304. The van der Waals surface area contributed by atoms with Crippen LogP contribution < -0.4 is 15.8 Å². The number of aliphatic hydroxyl groups is 1. The molecule has 1 aromatic carbocycles. The minimum atomic E-state index is -0.390. The number of aliphatic hydroxyl groups excluding tert-OH is 1. The second kappa shape index (κ2) is 6.57. The summed E-state index contributed by atoms with van der Waals surface area (Å²) in [6.07, 6.45) is 3.58. The molecule has 0 spiro atoms. The third kappa shape index (κ3) is 3.08. The van der Waals surface area contributed by atoms with Crippen molar-refractivity contribution in [3.63, 3.8) is 0 Å². The number of aryl methyl sites for hydroxylation is 1. The minimum Gasteiger partial charge on any atom is -0.395 e. The van der Waals surface area contributed by atoms with Crippen molar-refractivity contribution in [2.45, 2.75) is 6.92 Å². The number of pyridine rings is 1. The Bertz CT molecular complexity index is 931. The van der Waals surface area contributed by atoms with Crippen molar-refractivity contribution in [1.82, 2.24) is 4.57 Å². The first-order chi connectivity index (χ1) is 11.9. The van der Waals surface area contributed by atoms with E-state index in [-0.39, 0.29) is 17.9 Å². The fourth-order valence-corrected chi connectivity index (χ4v) is 2.93. The largest absolute Gasteiger partial charge is 0.395 e. The van der Waals surface area contributed by atoms with Crippen LogP contribution in [-0.4, -0.2) is 22.8 Å². The highest BCUT2D eigenvalue weighted by atomic mass is 19.1. The van der Waals surface area contributed by atoms with E-state index >= 15 is 0 Å². The fraction of sp³-hybridized carbons (Fsp3) is 0.211. The summed E-state index contributed by atoms with van der Waals surface area (Å²) < 4.78 is 15.7. The highest BCUT2D eigenvalue weighted by Crippen LogP contribution is 2.37. The van der Waals surface area contributed by atoms with Gasteiger partial charge in [-0.25, -0.2) is 4.39 Å². The van der Waals surface area contributed by atoms with E-state index in [1.54, 1.807) is 36.4 Å². The van der Waals surface area contributed by atoms with E-state index in [4.69, 9.17) is 0 Å². The molecule has 1 aliphatic heterocycles. The van der Waals surface area contributed by atoms with Crippen molar-refractivity contribution in [3.8, 4) is 0 Å². The second-order valence-corrected chi connectivity index (χ2v) is 6.02. The Labute approximate surface area is 145 Å². The summed E-state index contributed by atoms with van der Waals surface area (Å²) in [5.41, 5.74) is 2.76. The quantitative estimate of drug-likeness (QED) is 0.898. The summed E-state index contributed by atoms with van der Waals surface area (Å²) in [5, 5.41) is 12.3. The maximum absolute atomic E-state index is 14.2. The van der Waals surface area contributed by atoms with E-state index in [0.29, 0.717) is 29.2 Å². The molecule has 130 valence electrons. The van der Waals surface area contributed by atoms with Gasteiger partial charge in [0, 0.05) is 31.4 Å². The molecule has 6 heteroatoms. The summed E-state index contributed by atoms with van der Waals surface area (Å²) in [6, 6.07) is 6.30. The molecule has 0 fully saturated rings. The average molecular weight is 341 g/mol. The van der Waals surface area contributed by atoms with Crippen LogP contribution in [-0.2, 0) is 7.05 Å². The van der Waals surface area contributed by atoms with Gasteiger partial charge in [-0.1, -0.05) is 12.6 Å². The number of hydrogen-bond acceptors (Lipinski definition) is 4. The van der Waals surface area contributed by atoms with Crippen LogP contribution in [0, 0.1) is 12.7 Å². The number of benzene rings is 1. The molecule has 0 saturated heterocycles. The van der Waals surface area contributed by atoms with Crippen LogP contribution in [0.5, 0.6) is 0 Å². The van der Waals surface area contributed by atoms with E-state index in [9.17, 15) is 14.3 Å². The maximum atomic E-state index is 14.2. The lowest BCUT2D eigenvalue weighted by atomic mass is 10.0. The predicted octanol–water partition coefficient (Wildman–Crippen LogP) is 2.92. The number of allylic oxidation sites excluding steroid dienone is 2. The van der Waals surface area contributed by atoms with Gasteiger partial charge < -0.3 is 15.3 Å². The highest BCUT2D eigenvalue weighted by Gasteiger charge is 2.23. The zero-order valence-corrected chi connectivity index (χ0v) is 14.2. The number of fused-ring (bicyclic) bond motifs is 1. The van der Waals surface area contributed by atoms with E-state index in [0.717, 1.165) is 5.56 Å². The third-order valence-corrected chi connectivity index (χ3v) is 4.19. The van der Waals surface area contributed by atoms with Crippen LogP contribution in [0.25, 0.3) is 5.57 Å². The highest BCUT2D eigenvalue weighted by molar-refractivity contribution is 5.91. The van der Waals surface area contributed by atoms with Crippen LogP contribution in [0.2, 0.25) is 0 Å². The molecule has 0 unspecified atom stereocenters. The Kier molecular flexibility index (Phi) is 4.46. The first kappa shape index (κ1) is 17.0. The van der Waals surface area contributed by atoms with Crippen molar-refractivity contribution in [3.05, 3.63) is 70.4 Å². The van der Waals surface area contributed by atoms with Gasteiger partial charge in [0.15, 0.2) is 0 Å². The lowest BCUT2D eigenvalue weighted by Gasteiger charge is -2.30. The molecule has 0 saturated carbocycles. The number of halogens is 1. The standard InChI is InChI=1S/C19H20FN3O2/c1-12-4-5-15(14(20)10-12)21-16-11-17(25)22(3)19-18(16)13(2)6-7-23(19)8-9-24/h4-7,10-11,21,24H,2,8-9H2,1,3H3. The van der Waals surface area contributed by atoms with E-state index in [2.05, 4.69) is 11.9 Å². The molecular formula is C19H20FN3O2. The normalized spacial score (nSPS) is 13.1. The fourth-order valence-electron chi connectivity index (χ4n) is 2.93. The van der Waals surface area contributed by atoms with Gasteiger partial charge in [-0.15, -0.1) is 0 Å². The van der Waals surface area contributed by atoms with Crippen LogP contribution in [0.4, 0.5) is 21.6 Å². The zero-order chi connectivity index (χ0) is 18.1. The SMILES string of the molecule is C=C1C=CN(CCO)c2c1c(Nc1ccc(C)cc1F)cc(=O)n2C. The van der Waals surface area contributed by atoms with Crippen molar-refractivity contribution >= 4 is 22.8 Å². The molecule has 3 rings (SSSR count). The van der Waals surface area contributed by atoms with Gasteiger partial charge in [0.25, 0.3) is 5.56 Å². The molecular weight excluding hydrogens is 321 g/mol. The molecule has 25 heavy (non-hydrogen) atoms. The maximum Gasteiger partial charge on any atom is 0.253 e. The average Bonchev–Trinajstić information content (AvgIpc) is 2.56. The van der Waals surface area contributed by atoms with Gasteiger partial charge in [-0.3, -0.25) is 9.36 Å². The van der Waals surface area contributed by atoms with Crippen molar-refractivity contribution in [2.24, 2.45) is 7.05 Å². The Morgan fingerprint density at radius 3 is 2.72 bits per heavy atom. The van der Waals surface area contributed by atoms with Crippen molar-refractivity contribution < 1.29 is 9.50 Å². The molecule has 1 aromatic heterocycles. The number of aromatic nitrogens is 1. The van der Waals surface area contributed by atoms with E-state index < -0.39 is 5.82 Å². The Morgan fingerprint density at radius 2 is 2.04 bits per heavy atom. The van der Waals surface area contributed by atoms with Crippen LogP contribution in [0.3, 0.4) is 0 Å². The molecule has 2 aromatic rings. The molecule has 0 amide bonds. The van der Waals surface area contributed by atoms with E-state index in [1.807, 2.05) is 6.92 Å². The number of rotatable bonds is 4. The molecule has 1 aliphatic rings. The first-order valence-electron chi connectivity index (χ1n) is 7.94. The second-order valence-electron chi connectivity index (χ2n) is 6.02. The molecule has 0 bridgehead atoms. The van der Waals surface area contributed by atoms with E-state index in [1.165, 1.54) is 16.7 Å². The molecule has 2 heterocycles. The molecule has 0 aliphatic carbocycles. The van der Waals surface area contributed by atoms with Gasteiger partial charge in [-0.2, -0.15) is 0 Å². The summed E-state index contributed by atoms with van der Waals surface area (Å²) in [7, 11) is 1.66. The summed E-state index contributed by atoms with van der Waals surface area (Å²) >= 11 is 0. The van der Waals surface area contributed by atoms with Crippen LogP contribution in [0.15, 0.2) is 47.9 Å². The molecule has 0 radical (unpaired) electrons. The van der Waals surface area contributed by atoms with Crippen LogP contribution in [0.1, 0.15) is 11.1 Å². The topological polar surface area (TPSA) is 57.5 Å². The predicted molar refractivity (Wildman–Crippen MR) is 98.7 cm³/mol. The monoisotopic (exact) mass is 341 g/mol. The molecule has 2 N–H and O–H groups in total. The lowest BCUT2D eigenvalue weighted by Crippen LogP contribution is -2.31. The van der Waals surface area contributed by atoms with Crippen LogP contribution >= 0.6 is 0 Å². The van der Waals surface area contributed by atoms with Gasteiger partial charge >= 0.3 is 0 Å². The summed E-state index contributed by atoms with van der Waals surface area (Å²) in [5.74, 6) is 0.225. The third-order valence-electron chi connectivity index (χ3n) is 4.19. The number of anilines is 3. The van der Waals surface area contributed by atoms with Gasteiger partial charge in [0.05, 0.1) is 18.0 Å². The number of hydrogen-bond donors (Lipinski definition) is 2. The summed E-state index contributed by atoms with van der Waals surface area (Å²) in [4.78, 5) is 14.2. The number of β-amino-alcohol motifs (C(OH)–C–C–N with tert-alkyl or cyclic N) is 1. The van der Waals surface area contributed by atoms with Gasteiger partial charge in [0.2, 0.25) is 0 Å². The van der Waals surface area contributed by atoms with Gasteiger partial charge in [0.1, 0.15) is 11.6 Å². The van der Waals surface area contributed by atoms with Crippen molar-refractivity contribution in [1.29, 1.82) is 0 Å². The van der Waals surface area contributed by atoms with Gasteiger partial charge in [-0.05, 0) is 36.3 Å². The Morgan fingerprint density at radius 1 is 1.28 bits per heavy atom. The number of nitrogens with zero attached hydrogens (tertiary/aromatic N) is 2.